The van der Waals surface area contributed by atoms with Crippen molar-refractivity contribution in [1.82, 2.24) is 16.0 Å². The summed E-state index contributed by atoms with van der Waals surface area (Å²) in [5.74, 6) is -0.519. The highest BCUT2D eigenvalue weighted by Gasteiger charge is 2.56. The van der Waals surface area contributed by atoms with E-state index < -0.39 is 5.41 Å². The molecule has 0 saturated heterocycles. The lowest BCUT2D eigenvalue weighted by Crippen LogP contribution is -2.42. The minimum Gasteiger partial charge on any atom is -0.370 e. The quantitative estimate of drug-likeness (QED) is 0.197. The molecule has 6 N–H and O–H groups in total. The fourth-order valence-corrected chi connectivity index (χ4v) is 2.36. The predicted octanol–water partition coefficient (Wildman–Crippen LogP) is 0.624. The van der Waals surface area contributed by atoms with E-state index in [0.29, 0.717) is 32.4 Å². The standard InChI is InChI=1S/C17H24N5O2/c18-16(19)21-11-5-4-10-20-14(23)17(8-9-17)15(24)22-12-13-6-2-1-3-7-13/h1-3,6-7,10H,4-5,8-9,11-12H2,(H,20,23)(H,22,24)(H4,18,19,21). The maximum atomic E-state index is 12.3. The van der Waals surface area contributed by atoms with Gasteiger partial charge in [-0.25, -0.2) is 0 Å². The molecule has 0 heterocycles. The molecule has 0 spiro atoms. The summed E-state index contributed by atoms with van der Waals surface area (Å²) in [7, 11) is 0. The Bertz CT molecular complexity index is 584. The molecule has 0 aromatic heterocycles. The lowest BCUT2D eigenvalue weighted by molar-refractivity contribution is -0.136. The Hall–Kier alpha value is -2.57. The molecule has 0 aliphatic heterocycles. The van der Waals surface area contributed by atoms with Crippen LogP contribution in [0.5, 0.6) is 0 Å². The zero-order chi connectivity index (χ0) is 17.4. The van der Waals surface area contributed by atoms with Gasteiger partial charge in [0, 0.05) is 19.6 Å². The number of benzene rings is 1. The molecule has 24 heavy (non-hydrogen) atoms. The molecule has 1 aliphatic carbocycles. The van der Waals surface area contributed by atoms with Crippen molar-refractivity contribution in [3.63, 3.8) is 0 Å². The number of nitrogens with two attached hydrogens (primary N) is 1. The monoisotopic (exact) mass is 330 g/mol. The minimum atomic E-state index is -0.914. The van der Waals surface area contributed by atoms with E-state index in [-0.39, 0.29) is 17.8 Å². The van der Waals surface area contributed by atoms with Crippen molar-refractivity contribution < 1.29 is 9.59 Å². The predicted molar refractivity (Wildman–Crippen MR) is 91.5 cm³/mol. The first kappa shape index (κ1) is 17.8. The summed E-state index contributed by atoms with van der Waals surface area (Å²) in [6.45, 7) is 2.66. The van der Waals surface area contributed by atoms with Crippen LogP contribution in [0, 0.1) is 17.4 Å². The van der Waals surface area contributed by atoms with Crippen LogP contribution >= 0.6 is 0 Å². The van der Waals surface area contributed by atoms with Gasteiger partial charge >= 0.3 is 0 Å². The number of unbranched alkanes of at least 4 members (excludes halogenated alkanes) is 1. The number of amides is 2. The molecule has 1 aromatic carbocycles. The molecule has 1 aromatic rings. The molecule has 0 unspecified atom stereocenters. The molecule has 0 bridgehead atoms. The van der Waals surface area contributed by atoms with Gasteiger partial charge in [0.2, 0.25) is 11.8 Å². The number of hydrogen-bond donors (Lipinski definition) is 5. The van der Waals surface area contributed by atoms with E-state index in [4.69, 9.17) is 11.1 Å². The molecule has 1 fully saturated rings. The lowest BCUT2D eigenvalue weighted by atomic mass is 10.0. The van der Waals surface area contributed by atoms with Crippen LogP contribution in [0.25, 0.3) is 0 Å². The lowest BCUT2D eigenvalue weighted by Gasteiger charge is -2.15. The summed E-state index contributed by atoms with van der Waals surface area (Å²) in [4.78, 5) is 24.6. The van der Waals surface area contributed by atoms with E-state index >= 15 is 0 Å². The first-order valence-corrected chi connectivity index (χ1v) is 8.07. The topological polar surface area (TPSA) is 120 Å². The van der Waals surface area contributed by atoms with Gasteiger partial charge in [0.25, 0.3) is 0 Å². The van der Waals surface area contributed by atoms with Gasteiger partial charge in [-0.3, -0.25) is 15.0 Å². The smallest absolute Gasteiger partial charge is 0.235 e. The zero-order valence-corrected chi connectivity index (χ0v) is 13.6. The maximum Gasteiger partial charge on any atom is 0.235 e. The second-order valence-electron chi connectivity index (χ2n) is 5.91. The number of guanidine groups is 1. The Balaban J connectivity index is 1.69. The Kier molecular flexibility index (Phi) is 6.17. The van der Waals surface area contributed by atoms with E-state index in [1.165, 1.54) is 0 Å². The number of carbonyl (C=O) groups excluding carboxylic acids is 2. The van der Waals surface area contributed by atoms with Crippen LogP contribution in [-0.4, -0.2) is 24.3 Å². The van der Waals surface area contributed by atoms with Gasteiger partial charge in [-0.05, 0) is 31.2 Å². The molecule has 129 valence electrons. The minimum absolute atomic E-state index is 0.0638. The van der Waals surface area contributed by atoms with Crippen molar-refractivity contribution in [1.29, 1.82) is 5.41 Å². The van der Waals surface area contributed by atoms with Gasteiger partial charge < -0.3 is 21.7 Å². The first-order valence-electron chi connectivity index (χ1n) is 8.07. The summed E-state index contributed by atoms with van der Waals surface area (Å²) in [6.07, 6.45) is 2.55. The van der Waals surface area contributed by atoms with Crippen molar-refractivity contribution in [2.24, 2.45) is 11.1 Å². The number of hydrogen-bond acceptors (Lipinski definition) is 3. The fraction of sp³-hybridized carbons (Fsp3) is 0.412. The number of nitrogens with one attached hydrogen (secondary N) is 4. The SMILES string of the molecule is N=C(N)NCCC[CH]NC(=O)C1(C(=O)NCc2ccccc2)CC1. The van der Waals surface area contributed by atoms with Crippen molar-refractivity contribution in [2.75, 3.05) is 6.54 Å². The highest BCUT2D eigenvalue weighted by molar-refractivity contribution is 6.08. The zero-order valence-electron chi connectivity index (χ0n) is 13.6. The summed E-state index contributed by atoms with van der Waals surface area (Å²) in [6, 6.07) is 9.61. The van der Waals surface area contributed by atoms with E-state index in [1.807, 2.05) is 30.3 Å². The van der Waals surface area contributed by atoms with Gasteiger partial charge in [-0.15, -0.1) is 0 Å². The van der Waals surface area contributed by atoms with Crippen LogP contribution in [0.4, 0.5) is 0 Å². The highest BCUT2D eigenvalue weighted by Crippen LogP contribution is 2.46. The molecule has 1 aliphatic rings. The van der Waals surface area contributed by atoms with Gasteiger partial charge in [0.1, 0.15) is 5.41 Å². The molecule has 2 rings (SSSR count). The van der Waals surface area contributed by atoms with Crippen LogP contribution in [-0.2, 0) is 16.1 Å². The van der Waals surface area contributed by atoms with Crippen molar-refractivity contribution >= 4 is 17.8 Å². The third kappa shape index (κ3) is 4.97. The molecular formula is C17H24N5O2. The normalized spacial score (nSPS) is 14.5. The second-order valence-corrected chi connectivity index (χ2v) is 5.91. The molecule has 0 atom stereocenters. The summed E-state index contributed by atoms with van der Waals surface area (Å²) >= 11 is 0. The van der Waals surface area contributed by atoms with Gasteiger partial charge in [-0.1, -0.05) is 30.3 Å². The van der Waals surface area contributed by atoms with E-state index in [0.717, 1.165) is 12.0 Å². The van der Waals surface area contributed by atoms with Crippen molar-refractivity contribution in [3.05, 3.63) is 42.4 Å². The van der Waals surface area contributed by atoms with Gasteiger partial charge in [0.05, 0.1) is 0 Å². The molecule has 7 nitrogen and oxygen atoms in total. The highest BCUT2D eigenvalue weighted by atomic mass is 16.2. The van der Waals surface area contributed by atoms with Gasteiger partial charge in [-0.2, -0.15) is 0 Å². The van der Waals surface area contributed by atoms with Crippen molar-refractivity contribution in [2.45, 2.75) is 32.2 Å². The Morgan fingerprint density at radius 1 is 1.17 bits per heavy atom. The largest absolute Gasteiger partial charge is 0.370 e. The maximum absolute atomic E-state index is 12.3. The second kappa shape index (κ2) is 8.33. The Morgan fingerprint density at radius 2 is 1.88 bits per heavy atom. The van der Waals surface area contributed by atoms with Crippen molar-refractivity contribution in [3.8, 4) is 0 Å². The van der Waals surface area contributed by atoms with Crippen LogP contribution < -0.4 is 21.7 Å². The molecule has 7 heteroatoms. The summed E-state index contributed by atoms with van der Waals surface area (Å²) < 4.78 is 0. The molecular weight excluding hydrogens is 306 g/mol. The van der Waals surface area contributed by atoms with Crippen LogP contribution in [0.3, 0.4) is 0 Å². The van der Waals surface area contributed by atoms with E-state index in [9.17, 15) is 9.59 Å². The number of carbonyl (C=O) groups is 2. The summed E-state index contributed by atoms with van der Waals surface area (Å²) in [5.41, 5.74) is 5.26. The van der Waals surface area contributed by atoms with Crippen LogP contribution in [0.2, 0.25) is 0 Å². The molecule has 1 radical (unpaired) electrons. The van der Waals surface area contributed by atoms with Crippen LogP contribution in [0.15, 0.2) is 30.3 Å². The third-order valence-electron chi connectivity index (χ3n) is 3.99. The third-order valence-corrected chi connectivity index (χ3v) is 3.99. The van der Waals surface area contributed by atoms with Crippen LogP contribution in [0.1, 0.15) is 31.2 Å². The fourth-order valence-electron chi connectivity index (χ4n) is 2.36. The molecule has 2 amide bonds. The van der Waals surface area contributed by atoms with E-state index in [2.05, 4.69) is 16.0 Å². The average Bonchev–Trinajstić information content (AvgIpc) is 3.38. The Morgan fingerprint density at radius 3 is 2.50 bits per heavy atom. The number of rotatable bonds is 9. The van der Waals surface area contributed by atoms with Gasteiger partial charge in [0.15, 0.2) is 5.96 Å². The summed E-state index contributed by atoms with van der Waals surface area (Å²) in [5, 5.41) is 15.3. The first-order chi connectivity index (χ1) is 11.5. The average molecular weight is 330 g/mol. The Labute approximate surface area is 141 Å². The molecule has 1 saturated carbocycles. The van der Waals surface area contributed by atoms with E-state index in [1.54, 1.807) is 6.54 Å².